The molecule has 18 heavy (non-hydrogen) atoms. The van der Waals surface area contributed by atoms with Gasteiger partial charge >= 0.3 is 0 Å². The molecule has 6 nitrogen and oxygen atoms in total. The van der Waals surface area contributed by atoms with E-state index in [9.17, 15) is 4.79 Å². The Hall–Kier alpha value is -1.08. The Bertz CT molecular complexity index is 404. The van der Waals surface area contributed by atoms with Crippen LogP contribution in [0.4, 0.5) is 0 Å². The molecule has 1 heterocycles. The lowest BCUT2D eigenvalue weighted by atomic mass is 10.3. The Labute approximate surface area is 112 Å². The maximum absolute atomic E-state index is 12.0. The molecule has 0 aliphatic heterocycles. The van der Waals surface area contributed by atoms with E-state index in [1.165, 1.54) is 11.8 Å². The molecule has 0 unspecified atom stereocenters. The Morgan fingerprint density at radius 2 is 2.17 bits per heavy atom. The van der Waals surface area contributed by atoms with Crippen molar-refractivity contribution < 1.29 is 4.79 Å². The summed E-state index contributed by atoms with van der Waals surface area (Å²) in [5.74, 6) is 0.979. The zero-order valence-corrected chi connectivity index (χ0v) is 12.4. The number of amides is 1. The van der Waals surface area contributed by atoms with Gasteiger partial charge in [-0.2, -0.15) is 0 Å². The molecule has 0 aliphatic carbocycles. The summed E-state index contributed by atoms with van der Waals surface area (Å²) in [5, 5.41) is 11.9. The fourth-order valence-corrected chi connectivity index (χ4v) is 2.57. The fourth-order valence-electron chi connectivity index (χ4n) is 1.48. The van der Waals surface area contributed by atoms with Gasteiger partial charge in [0.2, 0.25) is 5.91 Å². The summed E-state index contributed by atoms with van der Waals surface area (Å²) in [6, 6.07) is 0. The predicted octanol–water partition coefficient (Wildman–Crippen LogP) is 0.493. The number of nitrogens with one attached hydrogen (secondary N) is 1. The summed E-state index contributed by atoms with van der Waals surface area (Å²) in [7, 11) is 7.33. The van der Waals surface area contributed by atoms with E-state index in [1.807, 2.05) is 25.6 Å². The van der Waals surface area contributed by atoms with Crippen LogP contribution in [0.15, 0.2) is 5.16 Å². The van der Waals surface area contributed by atoms with E-state index >= 15 is 0 Å². The Morgan fingerprint density at radius 1 is 1.50 bits per heavy atom. The van der Waals surface area contributed by atoms with Crippen LogP contribution in [0.25, 0.3) is 0 Å². The molecule has 0 spiro atoms. The largest absolute Gasteiger partial charge is 0.348 e. The molecule has 1 N–H and O–H groups in total. The molecule has 0 radical (unpaired) electrons. The molecule has 0 aliphatic rings. The van der Waals surface area contributed by atoms with E-state index < -0.39 is 0 Å². The van der Waals surface area contributed by atoms with Crippen LogP contribution in [0.1, 0.15) is 19.2 Å². The van der Waals surface area contributed by atoms with Crippen molar-refractivity contribution in [3.05, 3.63) is 5.82 Å². The lowest BCUT2D eigenvalue weighted by Gasteiger charge is -2.18. The van der Waals surface area contributed by atoms with E-state index in [2.05, 4.69) is 15.5 Å². The van der Waals surface area contributed by atoms with Gasteiger partial charge in [-0.15, -0.1) is 10.2 Å². The summed E-state index contributed by atoms with van der Waals surface area (Å²) >= 11 is 1.47. The van der Waals surface area contributed by atoms with Crippen LogP contribution in [0, 0.1) is 0 Å². The highest BCUT2D eigenvalue weighted by Crippen LogP contribution is 2.24. The monoisotopic (exact) mass is 271 g/mol. The minimum atomic E-state index is -0.106. The van der Waals surface area contributed by atoms with Gasteiger partial charge in [-0.3, -0.25) is 4.79 Å². The topological polar surface area (TPSA) is 63.1 Å². The van der Waals surface area contributed by atoms with Crippen molar-refractivity contribution in [1.29, 1.82) is 0 Å². The molecular formula is C11H21N5OS. The minimum absolute atomic E-state index is 0.106. The molecule has 0 saturated carbocycles. The summed E-state index contributed by atoms with van der Waals surface area (Å²) < 4.78 is 1.92. The number of rotatable bonds is 6. The molecular weight excluding hydrogens is 250 g/mol. The van der Waals surface area contributed by atoms with E-state index in [1.54, 1.807) is 19.0 Å². The summed E-state index contributed by atoms with van der Waals surface area (Å²) in [6.07, 6.45) is 0.774. The van der Waals surface area contributed by atoms with Gasteiger partial charge < -0.3 is 14.8 Å². The first-order chi connectivity index (χ1) is 8.51. The third-order valence-corrected chi connectivity index (χ3v) is 3.98. The van der Waals surface area contributed by atoms with Gasteiger partial charge in [0.25, 0.3) is 0 Å². The van der Waals surface area contributed by atoms with Gasteiger partial charge in [0, 0.05) is 21.1 Å². The average Bonchev–Trinajstić information content (AvgIpc) is 2.68. The molecule has 0 bridgehead atoms. The van der Waals surface area contributed by atoms with E-state index in [4.69, 9.17) is 0 Å². The first kappa shape index (κ1) is 15.0. The second kappa shape index (κ2) is 6.75. The highest BCUT2D eigenvalue weighted by molar-refractivity contribution is 8.00. The standard InChI is InChI=1S/C11H21N5OS/c1-6-8(10(17)15(3)4)18-11-14-13-9(7-12-2)16(11)5/h8,12H,6-7H2,1-5H3/t8-/m0/s1. The van der Waals surface area contributed by atoms with Crippen molar-refractivity contribution in [3.8, 4) is 0 Å². The van der Waals surface area contributed by atoms with Crippen LogP contribution >= 0.6 is 11.8 Å². The molecule has 1 rings (SSSR count). The van der Waals surface area contributed by atoms with Crippen molar-refractivity contribution >= 4 is 17.7 Å². The maximum Gasteiger partial charge on any atom is 0.235 e. The van der Waals surface area contributed by atoms with Gasteiger partial charge in [-0.1, -0.05) is 18.7 Å². The van der Waals surface area contributed by atoms with Crippen molar-refractivity contribution in [3.63, 3.8) is 0 Å². The normalized spacial score (nSPS) is 12.5. The SMILES string of the molecule is CC[C@H](Sc1nnc(CNC)n1C)C(=O)N(C)C. The Balaban J connectivity index is 2.79. The first-order valence-electron chi connectivity index (χ1n) is 5.91. The lowest BCUT2D eigenvalue weighted by molar-refractivity contribution is -0.128. The quantitative estimate of drug-likeness (QED) is 0.763. The molecule has 1 aromatic heterocycles. The van der Waals surface area contributed by atoms with Crippen LogP contribution in [-0.2, 0) is 18.4 Å². The molecule has 7 heteroatoms. The second-order valence-electron chi connectivity index (χ2n) is 4.24. The van der Waals surface area contributed by atoms with Gasteiger partial charge in [-0.05, 0) is 13.5 Å². The van der Waals surface area contributed by atoms with E-state index in [0.29, 0.717) is 6.54 Å². The van der Waals surface area contributed by atoms with Crippen LogP contribution in [0.5, 0.6) is 0 Å². The smallest absolute Gasteiger partial charge is 0.235 e. The fraction of sp³-hybridized carbons (Fsp3) is 0.727. The highest BCUT2D eigenvalue weighted by atomic mass is 32.2. The van der Waals surface area contributed by atoms with E-state index in [0.717, 1.165) is 17.4 Å². The van der Waals surface area contributed by atoms with Gasteiger partial charge in [0.15, 0.2) is 5.16 Å². The van der Waals surface area contributed by atoms with Crippen LogP contribution in [0.3, 0.4) is 0 Å². The van der Waals surface area contributed by atoms with E-state index in [-0.39, 0.29) is 11.2 Å². The van der Waals surface area contributed by atoms with Crippen LogP contribution in [0.2, 0.25) is 0 Å². The summed E-state index contributed by atoms with van der Waals surface area (Å²) in [5.41, 5.74) is 0. The van der Waals surface area contributed by atoms with Crippen molar-refractivity contribution in [2.24, 2.45) is 7.05 Å². The number of hydrogen-bond acceptors (Lipinski definition) is 5. The summed E-state index contributed by atoms with van der Waals surface area (Å²) in [4.78, 5) is 13.6. The lowest BCUT2D eigenvalue weighted by Crippen LogP contribution is -2.31. The number of hydrogen-bond donors (Lipinski definition) is 1. The Morgan fingerprint density at radius 3 is 2.67 bits per heavy atom. The highest BCUT2D eigenvalue weighted by Gasteiger charge is 2.22. The average molecular weight is 271 g/mol. The van der Waals surface area contributed by atoms with Crippen molar-refractivity contribution in [2.45, 2.75) is 30.3 Å². The molecule has 102 valence electrons. The number of aromatic nitrogens is 3. The second-order valence-corrected chi connectivity index (χ2v) is 5.41. The number of carbonyl (C=O) groups excluding carboxylic acids is 1. The minimum Gasteiger partial charge on any atom is -0.348 e. The molecule has 0 fully saturated rings. The third kappa shape index (κ3) is 3.46. The zero-order valence-electron chi connectivity index (χ0n) is 11.6. The van der Waals surface area contributed by atoms with Gasteiger partial charge in [-0.25, -0.2) is 0 Å². The van der Waals surface area contributed by atoms with Gasteiger partial charge in [0.1, 0.15) is 5.82 Å². The maximum atomic E-state index is 12.0. The zero-order chi connectivity index (χ0) is 13.7. The molecule has 1 amide bonds. The van der Waals surface area contributed by atoms with Crippen LogP contribution < -0.4 is 5.32 Å². The first-order valence-corrected chi connectivity index (χ1v) is 6.79. The predicted molar refractivity (Wildman–Crippen MR) is 72.4 cm³/mol. The number of thioether (sulfide) groups is 1. The van der Waals surface area contributed by atoms with Gasteiger partial charge in [0.05, 0.1) is 11.8 Å². The van der Waals surface area contributed by atoms with Crippen molar-refractivity contribution in [1.82, 2.24) is 25.0 Å². The Kier molecular flexibility index (Phi) is 5.61. The molecule has 1 aromatic rings. The van der Waals surface area contributed by atoms with Crippen LogP contribution in [-0.4, -0.2) is 52.0 Å². The number of nitrogens with zero attached hydrogens (tertiary/aromatic N) is 4. The summed E-state index contributed by atoms with van der Waals surface area (Å²) in [6.45, 7) is 2.67. The number of carbonyl (C=O) groups is 1. The van der Waals surface area contributed by atoms with Crippen molar-refractivity contribution in [2.75, 3.05) is 21.1 Å². The molecule has 1 atom stereocenters. The molecule has 0 saturated heterocycles. The third-order valence-electron chi connectivity index (χ3n) is 2.59. The molecule has 0 aromatic carbocycles.